The Bertz CT molecular complexity index is 539. The molecule has 0 saturated heterocycles. The van der Waals surface area contributed by atoms with E-state index in [-0.39, 0.29) is 17.1 Å². The van der Waals surface area contributed by atoms with Crippen LogP contribution in [0, 0.1) is 6.92 Å². The Morgan fingerprint density at radius 1 is 1.40 bits per heavy atom. The number of nitrogens with one attached hydrogen (secondary N) is 1. The molecule has 0 aliphatic heterocycles. The third kappa shape index (κ3) is 3.06. The maximum Gasteiger partial charge on any atom is 0.428 e. The number of amides is 1. The van der Waals surface area contributed by atoms with Crippen molar-refractivity contribution in [2.75, 3.05) is 12.4 Å². The standard InChI is InChI=1S/C10H11F4N3O3/c1-4-5(9(19)20-3)7(17(2)16-4)15-8(18)6(11)10(12,13)14/h6H,1-3H3,(H,15,18). The lowest BCUT2D eigenvalue weighted by Crippen LogP contribution is -2.37. The average molecular weight is 297 g/mol. The number of aryl methyl sites for hydroxylation is 2. The van der Waals surface area contributed by atoms with Gasteiger partial charge in [-0.25, -0.2) is 9.18 Å². The van der Waals surface area contributed by atoms with Crippen LogP contribution in [0.1, 0.15) is 16.1 Å². The number of carbonyl (C=O) groups is 2. The Hall–Kier alpha value is -2.13. The van der Waals surface area contributed by atoms with E-state index < -0.39 is 24.2 Å². The number of nitrogens with zero attached hydrogens (tertiary/aromatic N) is 2. The predicted molar refractivity (Wildman–Crippen MR) is 58.9 cm³/mol. The minimum absolute atomic E-state index is 0.122. The smallest absolute Gasteiger partial charge is 0.428 e. The van der Waals surface area contributed by atoms with Crippen molar-refractivity contribution in [1.29, 1.82) is 0 Å². The third-order valence-corrected chi connectivity index (χ3v) is 2.37. The molecule has 0 spiro atoms. The van der Waals surface area contributed by atoms with E-state index in [4.69, 9.17) is 0 Å². The van der Waals surface area contributed by atoms with E-state index in [0.29, 0.717) is 0 Å². The van der Waals surface area contributed by atoms with Gasteiger partial charge in [-0.1, -0.05) is 0 Å². The molecule has 0 saturated carbocycles. The van der Waals surface area contributed by atoms with E-state index >= 15 is 0 Å². The van der Waals surface area contributed by atoms with Gasteiger partial charge in [-0.15, -0.1) is 0 Å². The van der Waals surface area contributed by atoms with Crippen LogP contribution in [0.3, 0.4) is 0 Å². The van der Waals surface area contributed by atoms with Crippen molar-refractivity contribution >= 4 is 17.7 Å². The lowest BCUT2D eigenvalue weighted by molar-refractivity contribution is -0.183. The van der Waals surface area contributed by atoms with Crippen LogP contribution >= 0.6 is 0 Å². The van der Waals surface area contributed by atoms with Crippen LogP contribution in [0.4, 0.5) is 23.4 Å². The van der Waals surface area contributed by atoms with E-state index in [1.165, 1.54) is 14.0 Å². The van der Waals surface area contributed by atoms with Gasteiger partial charge in [-0.2, -0.15) is 18.3 Å². The quantitative estimate of drug-likeness (QED) is 0.675. The Morgan fingerprint density at radius 3 is 2.40 bits per heavy atom. The van der Waals surface area contributed by atoms with Crippen molar-refractivity contribution in [3.8, 4) is 0 Å². The van der Waals surface area contributed by atoms with Gasteiger partial charge in [0.15, 0.2) is 0 Å². The first-order valence-corrected chi connectivity index (χ1v) is 5.23. The van der Waals surface area contributed by atoms with E-state index in [1.807, 2.05) is 0 Å². The third-order valence-electron chi connectivity index (χ3n) is 2.37. The monoisotopic (exact) mass is 297 g/mol. The molecule has 1 unspecified atom stereocenters. The van der Waals surface area contributed by atoms with E-state index in [9.17, 15) is 27.2 Å². The molecular weight excluding hydrogens is 286 g/mol. The molecule has 20 heavy (non-hydrogen) atoms. The Balaban J connectivity index is 3.10. The zero-order valence-corrected chi connectivity index (χ0v) is 10.7. The number of ether oxygens (including phenoxy) is 1. The first-order valence-electron chi connectivity index (χ1n) is 5.23. The summed E-state index contributed by atoms with van der Waals surface area (Å²) in [7, 11) is 2.32. The first kappa shape index (κ1) is 15.9. The fraction of sp³-hybridized carbons (Fsp3) is 0.500. The summed E-state index contributed by atoms with van der Waals surface area (Å²) in [5, 5.41) is 5.44. The van der Waals surface area contributed by atoms with Crippen molar-refractivity contribution in [3.63, 3.8) is 0 Å². The molecule has 0 aliphatic carbocycles. The summed E-state index contributed by atoms with van der Waals surface area (Å²) in [5.41, 5.74) is -0.116. The van der Waals surface area contributed by atoms with Gasteiger partial charge < -0.3 is 10.1 Å². The fourth-order valence-electron chi connectivity index (χ4n) is 1.48. The summed E-state index contributed by atoms with van der Waals surface area (Å²) in [6.45, 7) is 1.39. The van der Waals surface area contributed by atoms with Gasteiger partial charge in [0.1, 0.15) is 11.4 Å². The van der Waals surface area contributed by atoms with Gasteiger partial charge in [0.2, 0.25) is 0 Å². The second kappa shape index (κ2) is 5.47. The molecule has 1 N–H and O–H groups in total. The van der Waals surface area contributed by atoms with Crippen LogP contribution in [-0.2, 0) is 16.6 Å². The molecule has 0 aliphatic rings. The SMILES string of the molecule is COC(=O)c1c(C)nn(C)c1NC(=O)C(F)C(F)(F)F. The Labute approximate surface area is 110 Å². The molecule has 1 amide bonds. The zero-order valence-electron chi connectivity index (χ0n) is 10.7. The maximum absolute atomic E-state index is 12.9. The molecule has 0 aromatic carbocycles. The Morgan fingerprint density at radius 2 is 1.95 bits per heavy atom. The summed E-state index contributed by atoms with van der Waals surface area (Å²) in [5.74, 6) is -3.22. The largest absolute Gasteiger partial charge is 0.465 e. The highest BCUT2D eigenvalue weighted by molar-refractivity contribution is 6.02. The number of hydrogen-bond acceptors (Lipinski definition) is 4. The Kier molecular flexibility index (Phi) is 4.36. The highest BCUT2D eigenvalue weighted by Gasteiger charge is 2.46. The summed E-state index contributed by atoms with van der Waals surface area (Å²) in [6, 6.07) is 0. The van der Waals surface area contributed by atoms with Crippen molar-refractivity contribution in [3.05, 3.63) is 11.3 Å². The highest BCUT2D eigenvalue weighted by Crippen LogP contribution is 2.25. The van der Waals surface area contributed by atoms with Crippen LogP contribution in [0.2, 0.25) is 0 Å². The molecule has 0 radical (unpaired) electrons. The average Bonchev–Trinajstić information content (AvgIpc) is 2.61. The first-order chi connectivity index (χ1) is 9.09. The summed E-state index contributed by atoms with van der Waals surface area (Å²) >= 11 is 0. The molecule has 1 aromatic rings. The number of methoxy groups -OCH3 is 1. The van der Waals surface area contributed by atoms with Crippen molar-refractivity contribution < 1.29 is 31.9 Å². The highest BCUT2D eigenvalue weighted by atomic mass is 19.4. The van der Waals surface area contributed by atoms with Crippen LogP contribution in [0.15, 0.2) is 0 Å². The number of halogens is 4. The molecule has 6 nitrogen and oxygen atoms in total. The predicted octanol–water partition coefficient (Wildman–Crippen LogP) is 1.35. The normalized spacial score (nSPS) is 12.9. The number of anilines is 1. The van der Waals surface area contributed by atoms with Gasteiger partial charge >= 0.3 is 12.1 Å². The minimum atomic E-state index is -5.33. The molecule has 0 fully saturated rings. The number of esters is 1. The van der Waals surface area contributed by atoms with E-state index in [1.54, 1.807) is 5.32 Å². The number of carbonyl (C=O) groups excluding carboxylic acids is 2. The van der Waals surface area contributed by atoms with Gasteiger partial charge in [-0.3, -0.25) is 9.48 Å². The van der Waals surface area contributed by atoms with Gasteiger partial charge in [-0.05, 0) is 6.92 Å². The van der Waals surface area contributed by atoms with Crippen LogP contribution in [0.5, 0.6) is 0 Å². The molecular formula is C10H11F4N3O3. The summed E-state index contributed by atoms with van der Waals surface area (Å²) in [6.07, 6.45) is -9.04. The van der Waals surface area contributed by atoms with Crippen LogP contribution in [0.25, 0.3) is 0 Å². The number of alkyl halides is 4. The van der Waals surface area contributed by atoms with E-state index in [2.05, 4.69) is 9.84 Å². The van der Waals surface area contributed by atoms with Crippen molar-refractivity contribution in [1.82, 2.24) is 9.78 Å². The minimum Gasteiger partial charge on any atom is -0.465 e. The van der Waals surface area contributed by atoms with E-state index in [0.717, 1.165) is 11.8 Å². The maximum atomic E-state index is 12.9. The van der Waals surface area contributed by atoms with Crippen molar-refractivity contribution in [2.45, 2.75) is 19.3 Å². The van der Waals surface area contributed by atoms with Crippen LogP contribution < -0.4 is 5.32 Å². The van der Waals surface area contributed by atoms with Crippen LogP contribution in [-0.4, -0.2) is 41.1 Å². The molecule has 1 rings (SSSR count). The van der Waals surface area contributed by atoms with Gasteiger partial charge in [0.05, 0.1) is 12.8 Å². The molecule has 0 bridgehead atoms. The molecule has 10 heteroatoms. The summed E-state index contributed by atoms with van der Waals surface area (Å²) in [4.78, 5) is 22.7. The zero-order chi connectivity index (χ0) is 15.7. The topological polar surface area (TPSA) is 73.2 Å². The fourth-order valence-corrected chi connectivity index (χ4v) is 1.48. The summed E-state index contributed by atoms with van der Waals surface area (Å²) < 4.78 is 54.5. The van der Waals surface area contributed by atoms with Gasteiger partial charge in [0.25, 0.3) is 12.1 Å². The molecule has 112 valence electrons. The van der Waals surface area contributed by atoms with Gasteiger partial charge in [0, 0.05) is 7.05 Å². The van der Waals surface area contributed by atoms with Crippen molar-refractivity contribution in [2.24, 2.45) is 7.05 Å². The second-order valence-corrected chi connectivity index (χ2v) is 3.82. The molecule has 1 atom stereocenters. The number of hydrogen-bond donors (Lipinski definition) is 1. The second-order valence-electron chi connectivity index (χ2n) is 3.82. The molecule has 1 heterocycles. The lowest BCUT2D eigenvalue weighted by atomic mass is 10.2. The number of rotatable bonds is 3. The molecule has 1 aromatic heterocycles. The number of aromatic nitrogens is 2. The lowest BCUT2D eigenvalue weighted by Gasteiger charge is -2.13.